The molecule has 1 aliphatic heterocycles. The number of likely N-dealkylation sites (N-methyl/N-ethyl adjacent to an activating group) is 1. The fraction of sp³-hybridized carbons (Fsp3) is 0.200. The number of anilines is 3. The maximum absolute atomic E-state index is 13.0. The van der Waals surface area contributed by atoms with Gasteiger partial charge in [0.1, 0.15) is 11.4 Å². The van der Waals surface area contributed by atoms with E-state index in [-0.39, 0.29) is 11.5 Å². The van der Waals surface area contributed by atoms with Gasteiger partial charge in [-0.2, -0.15) is 5.21 Å². The number of aromatic nitrogens is 7. The van der Waals surface area contributed by atoms with Gasteiger partial charge in [-0.15, -0.1) is 10.2 Å². The number of carbonyl (C=O) groups excluding carboxylic acids is 1. The number of tetrazole rings is 1. The Labute approximate surface area is 205 Å². The lowest BCUT2D eigenvalue weighted by Gasteiger charge is -2.18. The first-order chi connectivity index (χ1) is 17.4. The lowest BCUT2D eigenvalue weighted by Crippen LogP contribution is -2.35. The molecule has 5 aromatic rings. The van der Waals surface area contributed by atoms with E-state index < -0.39 is 5.41 Å². The molecule has 1 aliphatic rings. The summed E-state index contributed by atoms with van der Waals surface area (Å²) in [5.74, 6) is 0.971. The summed E-state index contributed by atoms with van der Waals surface area (Å²) in [5.41, 5.74) is 4.80. The molecule has 0 saturated heterocycles. The lowest BCUT2D eigenvalue weighted by molar-refractivity contribution is -0.122. The van der Waals surface area contributed by atoms with Gasteiger partial charge in [0.25, 0.3) is 5.56 Å². The largest absolute Gasteiger partial charge is 0.355 e. The Kier molecular flexibility index (Phi) is 4.75. The number of hydrogen-bond donors (Lipinski definition) is 4. The second-order valence-electron chi connectivity index (χ2n) is 9.18. The first-order valence-electron chi connectivity index (χ1n) is 11.6. The molecule has 2 aromatic carbocycles. The maximum atomic E-state index is 13.0. The van der Waals surface area contributed by atoms with E-state index in [9.17, 15) is 9.59 Å². The molecule has 11 nitrogen and oxygen atoms in total. The smallest absolute Gasteiger partial charge is 0.261 e. The average Bonchev–Trinajstić information content (AvgIpc) is 3.57. The molecule has 36 heavy (non-hydrogen) atoms. The van der Waals surface area contributed by atoms with Crippen molar-refractivity contribution >= 4 is 34.0 Å². The summed E-state index contributed by atoms with van der Waals surface area (Å²) < 4.78 is 0. The number of imidazole rings is 1. The lowest BCUT2D eigenvalue weighted by atomic mass is 9.86. The van der Waals surface area contributed by atoms with Crippen molar-refractivity contribution < 1.29 is 4.79 Å². The molecule has 6 rings (SSSR count). The number of nitrogens with zero attached hydrogens (tertiary/aromatic N) is 5. The van der Waals surface area contributed by atoms with E-state index in [1.807, 2.05) is 57.2 Å². The SMILES string of the molecule is CCN1C(=O)C(C)(C)c2cc3[nH]c(-c4c(Nc5cccc(-c6nn[nH]n6)c5)cc[nH]c4=O)nc3cc21. The van der Waals surface area contributed by atoms with Crippen LogP contribution in [0.1, 0.15) is 26.3 Å². The number of amides is 1. The van der Waals surface area contributed by atoms with Crippen molar-refractivity contribution in [2.45, 2.75) is 26.2 Å². The van der Waals surface area contributed by atoms with Crippen LogP contribution in [0.3, 0.4) is 0 Å². The Balaban J connectivity index is 1.43. The second kappa shape index (κ2) is 7.87. The van der Waals surface area contributed by atoms with Crippen molar-refractivity contribution in [1.29, 1.82) is 0 Å². The molecule has 0 bridgehead atoms. The number of benzene rings is 2. The molecule has 4 heterocycles. The summed E-state index contributed by atoms with van der Waals surface area (Å²) in [6.45, 7) is 6.39. The highest BCUT2D eigenvalue weighted by Crippen LogP contribution is 2.43. The predicted molar refractivity (Wildman–Crippen MR) is 136 cm³/mol. The summed E-state index contributed by atoms with van der Waals surface area (Å²) >= 11 is 0. The molecule has 0 radical (unpaired) electrons. The minimum Gasteiger partial charge on any atom is -0.355 e. The standard InChI is InChI=1S/C25H23N9O2/c1-4-34-19-12-18-17(11-15(19)25(2,3)24(34)36)28-22(29-18)20-16(8-9-26-23(20)35)27-14-7-5-6-13(10-14)21-30-32-33-31-21/h5-12H,4H2,1-3H3,(H,28,29)(H2,26,27,35)(H,30,31,32,33). The first kappa shape index (κ1) is 21.7. The Morgan fingerprint density at radius 1 is 1.11 bits per heavy atom. The normalized spacial score (nSPS) is 14.4. The average molecular weight is 482 g/mol. The second-order valence-corrected chi connectivity index (χ2v) is 9.18. The van der Waals surface area contributed by atoms with Gasteiger partial charge in [-0.1, -0.05) is 12.1 Å². The molecule has 0 aliphatic carbocycles. The quantitative estimate of drug-likeness (QED) is 0.300. The van der Waals surface area contributed by atoms with Crippen molar-refractivity contribution in [1.82, 2.24) is 35.6 Å². The molecular weight excluding hydrogens is 458 g/mol. The number of aromatic amines is 3. The van der Waals surface area contributed by atoms with Gasteiger partial charge < -0.3 is 20.2 Å². The van der Waals surface area contributed by atoms with Crippen molar-refractivity contribution in [3.8, 4) is 22.8 Å². The molecule has 0 unspecified atom stereocenters. The monoisotopic (exact) mass is 481 g/mol. The molecule has 1 amide bonds. The van der Waals surface area contributed by atoms with Crippen LogP contribution >= 0.6 is 0 Å². The maximum Gasteiger partial charge on any atom is 0.261 e. The fourth-order valence-electron chi connectivity index (χ4n) is 4.76. The summed E-state index contributed by atoms with van der Waals surface area (Å²) in [4.78, 5) is 38.4. The summed E-state index contributed by atoms with van der Waals surface area (Å²) in [6.07, 6.45) is 1.58. The van der Waals surface area contributed by atoms with Gasteiger partial charge in [-0.25, -0.2) is 4.98 Å². The summed E-state index contributed by atoms with van der Waals surface area (Å²) in [5, 5.41) is 17.4. The van der Waals surface area contributed by atoms with E-state index in [0.717, 1.165) is 28.0 Å². The molecule has 180 valence electrons. The molecule has 4 N–H and O–H groups in total. The van der Waals surface area contributed by atoms with Crippen LogP contribution in [-0.2, 0) is 10.2 Å². The van der Waals surface area contributed by atoms with Gasteiger partial charge >= 0.3 is 0 Å². The predicted octanol–water partition coefficient (Wildman–Crippen LogP) is 3.49. The number of H-pyrrole nitrogens is 3. The molecule has 11 heteroatoms. The van der Waals surface area contributed by atoms with Crippen LogP contribution < -0.4 is 15.8 Å². The van der Waals surface area contributed by atoms with Crippen molar-refractivity contribution in [3.05, 3.63) is 64.6 Å². The summed E-state index contributed by atoms with van der Waals surface area (Å²) in [6, 6.07) is 13.2. The Morgan fingerprint density at radius 3 is 2.75 bits per heavy atom. The fourth-order valence-corrected chi connectivity index (χ4v) is 4.76. The number of carbonyl (C=O) groups is 1. The van der Waals surface area contributed by atoms with Crippen LogP contribution in [0.4, 0.5) is 17.1 Å². The Hall–Kier alpha value is -4.80. The number of fused-ring (bicyclic) bond motifs is 2. The van der Waals surface area contributed by atoms with Gasteiger partial charge in [0, 0.05) is 24.0 Å². The van der Waals surface area contributed by atoms with E-state index in [1.54, 1.807) is 17.2 Å². The Bertz CT molecular complexity index is 1680. The zero-order valence-corrected chi connectivity index (χ0v) is 19.9. The number of rotatable bonds is 5. The van der Waals surface area contributed by atoms with Crippen LogP contribution in [0.2, 0.25) is 0 Å². The van der Waals surface area contributed by atoms with Crippen LogP contribution in [0, 0.1) is 0 Å². The first-order valence-corrected chi connectivity index (χ1v) is 11.6. The van der Waals surface area contributed by atoms with E-state index in [2.05, 4.69) is 35.9 Å². The molecule has 0 atom stereocenters. The van der Waals surface area contributed by atoms with Gasteiger partial charge in [-0.3, -0.25) is 9.59 Å². The molecule has 0 spiro atoms. The zero-order valence-electron chi connectivity index (χ0n) is 19.9. The molecule has 3 aromatic heterocycles. The minimum atomic E-state index is -0.633. The van der Waals surface area contributed by atoms with Gasteiger partial charge in [0.05, 0.1) is 27.8 Å². The molecule has 0 saturated carbocycles. The van der Waals surface area contributed by atoms with E-state index in [0.29, 0.717) is 35.0 Å². The molecular formula is C25H23N9O2. The summed E-state index contributed by atoms with van der Waals surface area (Å²) in [7, 11) is 0. The van der Waals surface area contributed by atoms with Gasteiger partial charge in [-0.05, 0) is 61.9 Å². The van der Waals surface area contributed by atoms with Crippen LogP contribution in [0.5, 0.6) is 0 Å². The topological polar surface area (TPSA) is 148 Å². The van der Waals surface area contributed by atoms with E-state index in [1.165, 1.54) is 0 Å². The number of nitrogens with one attached hydrogen (secondary N) is 4. The highest BCUT2D eigenvalue weighted by Gasteiger charge is 2.43. The van der Waals surface area contributed by atoms with Crippen LogP contribution in [-0.4, -0.2) is 48.0 Å². The van der Waals surface area contributed by atoms with Gasteiger partial charge in [0.2, 0.25) is 11.7 Å². The Morgan fingerprint density at radius 2 is 1.97 bits per heavy atom. The van der Waals surface area contributed by atoms with Gasteiger partial charge in [0.15, 0.2) is 0 Å². The third-order valence-electron chi connectivity index (χ3n) is 6.60. The van der Waals surface area contributed by atoms with Crippen LogP contribution in [0.25, 0.3) is 33.8 Å². The van der Waals surface area contributed by atoms with Crippen LogP contribution in [0.15, 0.2) is 53.5 Å². The van der Waals surface area contributed by atoms with Crippen molar-refractivity contribution in [2.24, 2.45) is 0 Å². The molecule has 0 fully saturated rings. The van der Waals surface area contributed by atoms with Crippen molar-refractivity contribution in [2.75, 3.05) is 16.8 Å². The van der Waals surface area contributed by atoms with E-state index in [4.69, 9.17) is 4.98 Å². The number of hydrogen-bond acceptors (Lipinski definition) is 7. The third-order valence-corrected chi connectivity index (χ3v) is 6.60. The number of pyridine rings is 1. The van der Waals surface area contributed by atoms with Crippen molar-refractivity contribution in [3.63, 3.8) is 0 Å². The highest BCUT2D eigenvalue weighted by atomic mass is 16.2. The minimum absolute atomic E-state index is 0.0712. The highest BCUT2D eigenvalue weighted by molar-refractivity contribution is 6.09. The third kappa shape index (κ3) is 3.28. The zero-order chi connectivity index (χ0) is 25.0. The van der Waals surface area contributed by atoms with E-state index >= 15 is 0 Å².